The lowest BCUT2D eigenvalue weighted by atomic mass is 10.1. The van der Waals surface area contributed by atoms with Gasteiger partial charge in [-0.3, -0.25) is 0 Å². The molecule has 2 aromatic heterocycles. The predicted octanol–water partition coefficient (Wildman–Crippen LogP) is 6.13. The van der Waals surface area contributed by atoms with Gasteiger partial charge >= 0.3 is 0 Å². The molecule has 0 fully saturated rings. The molecular formula is C24H23N3O. The van der Waals surface area contributed by atoms with Crippen LogP contribution in [0, 0.1) is 13.8 Å². The number of hydrogen-bond acceptors (Lipinski definition) is 4. The van der Waals surface area contributed by atoms with Crippen LogP contribution in [-0.2, 0) is 0 Å². The summed E-state index contributed by atoms with van der Waals surface area (Å²) in [5, 5.41) is 2.16. The molecule has 3 heterocycles. The highest BCUT2D eigenvalue weighted by Gasteiger charge is 2.38. The summed E-state index contributed by atoms with van der Waals surface area (Å²) in [6, 6.07) is 18.9. The molecule has 0 amide bonds. The number of aryl methyl sites for hydroxylation is 2. The summed E-state index contributed by atoms with van der Waals surface area (Å²) in [4.78, 5) is 9.18. The number of pyridine rings is 1. The van der Waals surface area contributed by atoms with Gasteiger partial charge in [0.15, 0.2) is 5.58 Å². The van der Waals surface area contributed by atoms with Crippen molar-refractivity contribution in [2.75, 3.05) is 9.80 Å². The van der Waals surface area contributed by atoms with Crippen LogP contribution in [0.5, 0.6) is 0 Å². The standard InChI is InChI=1S/C24H23N3O/c1-16-10-12-19-20-13-11-17(2)25-23(20)28-22(19)21(16)27-15-14-26(24(27,3)4)18-8-6-5-7-9-18/h5-15H,1-4H3. The zero-order valence-electron chi connectivity index (χ0n) is 16.6. The second-order valence-electron chi connectivity index (χ2n) is 7.88. The summed E-state index contributed by atoms with van der Waals surface area (Å²) in [5.41, 5.74) is 5.70. The summed E-state index contributed by atoms with van der Waals surface area (Å²) in [5.74, 6) is 0. The molecule has 0 saturated carbocycles. The number of hydrogen-bond donors (Lipinski definition) is 0. The molecule has 140 valence electrons. The maximum absolute atomic E-state index is 6.29. The Morgan fingerprint density at radius 2 is 1.54 bits per heavy atom. The van der Waals surface area contributed by atoms with E-state index in [0.29, 0.717) is 5.71 Å². The van der Waals surface area contributed by atoms with Crippen molar-refractivity contribution in [3.05, 3.63) is 78.3 Å². The van der Waals surface area contributed by atoms with Crippen molar-refractivity contribution in [1.82, 2.24) is 4.98 Å². The molecule has 1 aliphatic rings. The van der Waals surface area contributed by atoms with Gasteiger partial charge in [-0.2, -0.15) is 0 Å². The van der Waals surface area contributed by atoms with Crippen LogP contribution in [0.4, 0.5) is 11.4 Å². The smallest absolute Gasteiger partial charge is 0.227 e. The lowest BCUT2D eigenvalue weighted by Gasteiger charge is -2.40. The van der Waals surface area contributed by atoms with E-state index >= 15 is 0 Å². The molecule has 1 aliphatic heterocycles. The Morgan fingerprint density at radius 3 is 2.32 bits per heavy atom. The third kappa shape index (κ3) is 2.34. The van der Waals surface area contributed by atoms with Gasteiger partial charge in [-0.15, -0.1) is 0 Å². The SMILES string of the molecule is Cc1ccc2c(n1)oc1c(N3C=CN(c4ccccc4)C3(C)C)c(C)ccc12. The molecule has 5 rings (SSSR count). The van der Waals surface area contributed by atoms with Gasteiger partial charge < -0.3 is 14.2 Å². The van der Waals surface area contributed by atoms with Crippen LogP contribution in [0.25, 0.3) is 22.1 Å². The van der Waals surface area contributed by atoms with Gasteiger partial charge in [0.2, 0.25) is 5.71 Å². The predicted molar refractivity (Wildman–Crippen MR) is 116 cm³/mol. The number of aromatic nitrogens is 1. The number of fused-ring (bicyclic) bond motifs is 3. The van der Waals surface area contributed by atoms with Gasteiger partial charge in [-0.25, -0.2) is 4.98 Å². The van der Waals surface area contributed by atoms with E-state index < -0.39 is 0 Å². The molecule has 0 saturated heterocycles. The van der Waals surface area contributed by atoms with Gasteiger partial charge in [-0.1, -0.05) is 30.3 Å². The van der Waals surface area contributed by atoms with Gasteiger partial charge in [0.25, 0.3) is 0 Å². The van der Waals surface area contributed by atoms with Crippen molar-refractivity contribution < 1.29 is 4.42 Å². The summed E-state index contributed by atoms with van der Waals surface area (Å²) < 4.78 is 6.29. The van der Waals surface area contributed by atoms with Crippen molar-refractivity contribution in [3.63, 3.8) is 0 Å². The molecule has 0 aliphatic carbocycles. The normalized spacial score (nSPS) is 15.9. The van der Waals surface area contributed by atoms with Crippen molar-refractivity contribution in [1.29, 1.82) is 0 Å². The molecular weight excluding hydrogens is 346 g/mol. The summed E-state index contributed by atoms with van der Waals surface area (Å²) in [6.07, 6.45) is 4.28. The van der Waals surface area contributed by atoms with E-state index in [0.717, 1.165) is 33.4 Å². The zero-order chi connectivity index (χ0) is 19.5. The zero-order valence-corrected chi connectivity index (χ0v) is 16.6. The highest BCUT2D eigenvalue weighted by atomic mass is 16.3. The summed E-state index contributed by atoms with van der Waals surface area (Å²) in [7, 11) is 0. The highest BCUT2D eigenvalue weighted by Crippen LogP contribution is 2.43. The number of furan rings is 1. The van der Waals surface area contributed by atoms with Gasteiger partial charge in [0.05, 0.1) is 5.69 Å². The van der Waals surface area contributed by atoms with Crippen molar-refractivity contribution in [2.45, 2.75) is 33.4 Å². The molecule has 0 atom stereocenters. The van der Waals surface area contributed by atoms with Gasteiger partial charge in [0, 0.05) is 34.6 Å². The van der Waals surface area contributed by atoms with Crippen LogP contribution >= 0.6 is 0 Å². The summed E-state index contributed by atoms with van der Waals surface area (Å²) in [6.45, 7) is 8.57. The first kappa shape index (κ1) is 16.9. The fraction of sp³-hybridized carbons (Fsp3) is 0.208. The first-order valence-corrected chi connectivity index (χ1v) is 9.58. The minimum Gasteiger partial charge on any atom is -0.435 e. The second kappa shape index (κ2) is 5.86. The van der Waals surface area contributed by atoms with E-state index in [4.69, 9.17) is 4.42 Å². The molecule has 4 nitrogen and oxygen atoms in total. The fourth-order valence-corrected chi connectivity index (χ4v) is 4.15. The van der Waals surface area contributed by atoms with Crippen LogP contribution in [0.1, 0.15) is 25.1 Å². The Morgan fingerprint density at radius 1 is 0.821 bits per heavy atom. The van der Waals surface area contributed by atoms with E-state index in [9.17, 15) is 0 Å². The number of nitrogens with zero attached hydrogens (tertiary/aromatic N) is 3. The number of anilines is 2. The average molecular weight is 369 g/mol. The van der Waals surface area contributed by atoms with E-state index in [-0.39, 0.29) is 5.66 Å². The van der Waals surface area contributed by atoms with E-state index in [1.165, 1.54) is 5.56 Å². The second-order valence-corrected chi connectivity index (χ2v) is 7.88. The number of benzene rings is 2. The first-order chi connectivity index (χ1) is 13.5. The third-order valence-corrected chi connectivity index (χ3v) is 5.64. The minimum atomic E-state index is -0.275. The number of para-hydroxylation sites is 1. The molecule has 28 heavy (non-hydrogen) atoms. The Bertz CT molecular complexity index is 1220. The maximum atomic E-state index is 6.29. The lowest BCUT2D eigenvalue weighted by molar-refractivity contribution is 0.529. The molecule has 4 heteroatoms. The van der Waals surface area contributed by atoms with Crippen LogP contribution in [0.3, 0.4) is 0 Å². The van der Waals surface area contributed by atoms with Gasteiger partial charge in [-0.05, 0) is 57.5 Å². The molecule has 0 N–H and O–H groups in total. The molecule has 0 bridgehead atoms. The molecule has 4 aromatic rings. The monoisotopic (exact) mass is 369 g/mol. The molecule has 0 radical (unpaired) electrons. The van der Waals surface area contributed by atoms with Crippen molar-refractivity contribution in [3.8, 4) is 0 Å². The van der Waals surface area contributed by atoms with Crippen molar-refractivity contribution >= 4 is 33.4 Å². The largest absolute Gasteiger partial charge is 0.435 e. The Labute approximate surface area is 164 Å². The van der Waals surface area contributed by atoms with E-state index in [1.54, 1.807) is 0 Å². The minimum absolute atomic E-state index is 0.275. The van der Waals surface area contributed by atoms with E-state index in [2.05, 4.69) is 90.4 Å². The van der Waals surface area contributed by atoms with Crippen LogP contribution < -0.4 is 9.80 Å². The highest BCUT2D eigenvalue weighted by molar-refractivity contribution is 6.09. The van der Waals surface area contributed by atoms with Gasteiger partial charge in [0.1, 0.15) is 5.66 Å². The van der Waals surface area contributed by atoms with Crippen LogP contribution in [0.2, 0.25) is 0 Å². The lowest BCUT2D eigenvalue weighted by Crippen LogP contribution is -2.49. The molecule has 0 spiro atoms. The Kier molecular flexibility index (Phi) is 3.53. The molecule has 2 aromatic carbocycles. The quantitative estimate of drug-likeness (QED) is 0.425. The van der Waals surface area contributed by atoms with E-state index in [1.807, 2.05) is 19.1 Å². The first-order valence-electron chi connectivity index (χ1n) is 9.58. The maximum Gasteiger partial charge on any atom is 0.227 e. The van der Waals surface area contributed by atoms with Crippen LogP contribution in [0.15, 0.2) is 71.4 Å². The average Bonchev–Trinajstić information content (AvgIpc) is 3.18. The summed E-state index contributed by atoms with van der Waals surface area (Å²) >= 11 is 0. The van der Waals surface area contributed by atoms with Crippen LogP contribution in [-0.4, -0.2) is 10.6 Å². The third-order valence-electron chi connectivity index (χ3n) is 5.64. The molecule has 0 unspecified atom stereocenters. The Balaban J connectivity index is 1.70. The fourth-order valence-electron chi connectivity index (χ4n) is 4.15. The Hall–Kier alpha value is -3.27. The topological polar surface area (TPSA) is 32.5 Å². The van der Waals surface area contributed by atoms with Crippen molar-refractivity contribution in [2.24, 2.45) is 0 Å². The number of rotatable bonds is 2.